The van der Waals surface area contributed by atoms with Crippen LogP contribution < -0.4 is 11.1 Å². The van der Waals surface area contributed by atoms with Crippen molar-refractivity contribution in [1.82, 2.24) is 0 Å². The lowest BCUT2D eigenvalue weighted by atomic mass is 10.2. The Morgan fingerprint density at radius 3 is 2.70 bits per heavy atom. The Labute approximate surface area is 155 Å². The first kappa shape index (κ1) is 17.7. The van der Waals surface area contributed by atoms with Crippen LogP contribution in [-0.4, -0.2) is 18.5 Å². The third kappa shape index (κ3) is 4.93. The van der Waals surface area contributed by atoms with Crippen molar-refractivity contribution in [3.63, 3.8) is 0 Å². The van der Waals surface area contributed by atoms with E-state index in [1.807, 2.05) is 25.1 Å². The Kier molecular flexibility index (Phi) is 6.00. The van der Waals surface area contributed by atoms with Gasteiger partial charge in [-0.05, 0) is 71.5 Å². The Morgan fingerprint density at radius 1 is 1.26 bits per heavy atom. The molecule has 3 N–H and O–H groups in total. The maximum Gasteiger partial charge on any atom is 0.340 e. The van der Waals surface area contributed by atoms with E-state index >= 15 is 0 Å². The number of hydrogen-bond acceptors (Lipinski definition) is 4. The first-order valence-corrected chi connectivity index (χ1v) is 8.52. The first-order chi connectivity index (χ1) is 10.9. The molecule has 0 aliphatic rings. The molecule has 2 aromatic carbocycles. The summed E-state index contributed by atoms with van der Waals surface area (Å²) < 4.78 is 6.79. The molecule has 23 heavy (non-hydrogen) atoms. The summed E-state index contributed by atoms with van der Waals surface area (Å²) in [5, 5.41) is 2.71. The number of nitrogens with one attached hydrogen (secondary N) is 1. The maximum absolute atomic E-state index is 12.0. The van der Waals surface area contributed by atoms with Crippen molar-refractivity contribution in [3.05, 3.63) is 55.6 Å². The minimum atomic E-state index is -0.640. The van der Waals surface area contributed by atoms with Gasteiger partial charge in [0.2, 0.25) is 0 Å². The highest BCUT2D eigenvalue weighted by Crippen LogP contribution is 2.20. The molecule has 0 atom stereocenters. The van der Waals surface area contributed by atoms with E-state index in [1.54, 1.807) is 18.2 Å². The van der Waals surface area contributed by atoms with Gasteiger partial charge in [-0.2, -0.15) is 0 Å². The third-order valence-electron chi connectivity index (χ3n) is 3.03. The molecule has 5 nitrogen and oxygen atoms in total. The molecule has 1 amide bonds. The van der Waals surface area contributed by atoms with E-state index < -0.39 is 11.9 Å². The molecule has 0 unspecified atom stereocenters. The van der Waals surface area contributed by atoms with Crippen LogP contribution in [0.15, 0.2) is 40.9 Å². The molecule has 0 aromatic heterocycles. The van der Waals surface area contributed by atoms with Crippen molar-refractivity contribution in [2.24, 2.45) is 0 Å². The molecule has 2 aromatic rings. The average molecular weight is 489 g/mol. The van der Waals surface area contributed by atoms with Crippen LogP contribution in [0.4, 0.5) is 11.4 Å². The average Bonchev–Trinajstić information content (AvgIpc) is 2.50. The zero-order chi connectivity index (χ0) is 17.0. The van der Waals surface area contributed by atoms with Gasteiger partial charge in [-0.25, -0.2) is 4.79 Å². The summed E-state index contributed by atoms with van der Waals surface area (Å²) in [5.74, 6) is -1.05. The number of esters is 1. The van der Waals surface area contributed by atoms with Gasteiger partial charge in [0.25, 0.3) is 5.91 Å². The number of carbonyl (C=O) groups is 2. The Bertz CT molecular complexity index is 765. The van der Waals surface area contributed by atoms with Crippen LogP contribution in [-0.2, 0) is 9.53 Å². The Balaban J connectivity index is 1.96. The zero-order valence-corrected chi connectivity index (χ0v) is 16.0. The lowest BCUT2D eigenvalue weighted by Crippen LogP contribution is -2.21. The van der Waals surface area contributed by atoms with E-state index in [9.17, 15) is 9.59 Å². The van der Waals surface area contributed by atoms with E-state index in [4.69, 9.17) is 10.5 Å². The van der Waals surface area contributed by atoms with Crippen LogP contribution in [0.2, 0.25) is 0 Å². The number of anilines is 2. The summed E-state index contributed by atoms with van der Waals surface area (Å²) in [5.41, 5.74) is 7.88. The number of carbonyl (C=O) groups excluding carboxylic acids is 2. The number of benzene rings is 2. The number of nitrogen functional groups attached to an aromatic ring is 1. The topological polar surface area (TPSA) is 81.4 Å². The summed E-state index contributed by atoms with van der Waals surface area (Å²) in [6.07, 6.45) is 0. The van der Waals surface area contributed by atoms with E-state index in [1.165, 1.54) is 0 Å². The van der Waals surface area contributed by atoms with Gasteiger partial charge in [0.15, 0.2) is 6.61 Å². The number of rotatable bonds is 4. The largest absolute Gasteiger partial charge is 0.452 e. The summed E-state index contributed by atoms with van der Waals surface area (Å²) >= 11 is 5.45. The minimum Gasteiger partial charge on any atom is -0.452 e. The highest BCUT2D eigenvalue weighted by molar-refractivity contribution is 14.1. The number of halogens is 2. The predicted molar refractivity (Wildman–Crippen MR) is 101 cm³/mol. The van der Waals surface area contributed by atoms with Gasteiger partial charge < -0.3 is 15.8 Å². The molecule has 0 bridgehead atoms. The van der Waals surface area contributed by atoms with E-state index in [2.05, 4.69) is 43.8 Å². The quantitative estimate of drug-likeness (QED) is 0.390. The second-order valence-electron chi connectivity index (χ2n) is 4.82. The summed E-state index contributed by atoms with van der Waals surface area (Å²) in [6.45, 7) is 1.52. The lowest BCUT2D eigenvalue weighted by molar-refractivity contribution is -0.119. The fourth-order valence-corrected chi connectivity index (χ4v) is 2.88. The van der Waals surface area contributed by atoms with Gasteiger partial charge >= 0.3 is 5.97 Å². The molecule has 0 aliphatic carbocycles. The third-order valence-corrected chi connectivity index (χ3v) is 4.20. The number of nitrogens with two attached hydrogens (primary N) is 1. The summed E-state index contributed by atoms with van der Waals surface area (Å²) in [7, 11) is 0. The number of amides is 1. The molecule has 120 valence electrons. The van der Waals surface area contributed by atoms with E-state index in [-0.39, 0.29) is 12.2 Å². The van der Waals surface area contributed by atoms with Crippen LogP contribution in [0.3, 0.4) is 0 Å². The summed E-state index contributed by atoms with van der Waals surface area (Å²) in [4.78, 5) is 23.9. The highest BCUT2D eigenvalue weighted by atomic mass is 127. The van der Waals surface area contributed by atoms with Crippen LogP contribution in [0.5, 0.6) is 0 Å². The van der Waals surface area contributed by atoms with Gasteiger partial charge in [0, 0.05) is 19.4 Å². The second-order valence-corrected chi connectivity index (χ2v) is 6.98. The first-order valence-electron chi connectivity index (χ1n) is 6.65. The van der Waals surface area contributed by atoms with Crippen molar-refractivity contribution < 1.29 is 14.3 Å². The lowest BCUT2D eigenvalue weighted by Gasteiger charge is -2.10. The standard InChI is InChI=1S/C16H14BrIN2O3/c1-9-6-11(18)3-5-14(9)20-15(21)8-23-16(22)12-7-10(17)2-4-13(12)19/h2-7H,8,19H2,1H3,(H,20,21). The van der Waals surface area contributed by atoms with Gasteiger partial charge in [0.05, 0.1) is 5.56 Å². The van der Waals surface area contributed by atoms with Gasteiger partial charge in [0.1, 0.15) is 0 Å². The molecule has 0 fully saturated rings. The SMILES string of the molecule is Cc1cc(I)ccc1NC(=O)COC(=O)c1cc(Br)ccc1N. The molecule has 0 saturated carbocycles. The van der Waals surface area contributed by atoms with Gasteiger partial charge in [-0.15, -0.1) is 0 Å². The monoisotopic (exact) mass is 488 g/mol. The minimum absolute atomic E-state index is 0.220. The summed E-state index contributed by atoms with van der Waals surface area (Å²) in [6, 6.07) is 10.5. The fraction of sp³-hybridized carbons (Fsp3) is 0.125. The highest BCUT2D eigenvalue weighted by Gasteiger charge is 2.14. The molecular weight excluding hydrogens is 475 g/mol. The maximum atomic E-state index is 12.0. The number of ether oxygens (including phenoxy) is 1. The van der Waals surface area contributed by atoms with Crippen molar-refractivity contribution in [1.29, 1.82) is 0 Å². The van der Waals surface area contributed by atoms with Crippen molar-refractivity contribution in [2.45, 2.75) is 6.92 Å². The van der Waals surface area contributed by atoms with Crippen molar-refractivity contribution in [2.75, 3.05) is 17.7 Å². The van der Waals surface area contributed by atoms with Crippen LogP contribution in [0.25, 0.3) is 0 Å². The smallest absolute Gasteiger partial charge is 0.340 e. The Morgan fingerprint density at radius 2 is 2.00 bits per heavy atom. The van der Waals surface area contributed by atoms with Crippen molar-refractivity contribution >= 4 is 61.8 Å². The van der Waals surface area contributed by atoms with Crippen LogP contribution >= 0.6 is 38.5 Å². The predicted octanol–water partition coefficient (Wildman–Crippen LogP) is 3.74. The second kappa shape index (κ2) is 7.78. The van der Waals surface area contributed by atoms with E-state index in [0.717, 1.165) is 9.13 Å². The Hall–Kier alpha value is -1.61. The molecular formula is C16H14BrIN2O3. The molecule has 7 heteroatoms. The van der Waals surface area contributed by atoms with E-state index in [0.29, 0.717) is 15.8 Å². The molecule has 0 saturated heterocycles. The molecule has 0 spiro atoms. The molecule has 0 aliphatic heterocycles. The molecule has 0 heterocycles. The zero-order valence-electron chi connectivity index (χ0n) is 12.2. The normalized spacial score (nSPS) is 10.2. The van der Waals surface area contributed by atoms with Gasteiger partial charge in [-0.1, -0.05) is 15.9 Å². The van der Waals surface area contributed by atoms with Crippen LogP contribution in [0.1, 0.15) is 15.9 Å². The fourth-order valence-electron chi connectivity index (χ4n) is 1.87. The van der Waals surface area contributed by atoms with Crippen LogP contribution in [0, 0.1) is 10.5 Å². The van der Waals surface area contributed by atoms with Gasteiger partial charge in [-0.3, -0.25) is 4.79 Å². The van der Waals surface area contributed by atoms with Crippen molar-refractivity contribution in [3.8, 4) is 0 Å². The number of aryl methyl sites for hydroxylation is 1. The molecule has 0 radical (unpaired) electrons. The number of hydrogen-bond donors (Lipinski definition) is 2. The molecule has 2 rings (SSSR count).